The first-order valence-electron chi connectivity index (χ1n) is 8.09. The lowest BCUT2D eigenvalue weighted by atomic mass is 10.1. The number of ether oxygens (including phenoxy) is 1. The van der Waals surface area contributed by atoms with Crippen molar-refractivity contribution in [1.82, 2.24) is 5.32 Å². The average Bonchev–Trinajstić information content (AvgIpc) is 2.95. The molecule has 1 aromatic carbocycles. The van der Waals surface area contributed by atoms with E-state index in [9.17, 15) is 9.59 Å². The van der Waals surface area contributed by atoms with E-state index in [-0.39, 0.29) is 12.5 Å². The second kappa shape index (κ2) is 8.64. The molecular formula is C19H23NO3S. The lowest BCUT2D eigenvalue weighted by Crippen LogP contribution is -2.30. The standard InChI is InChI=1S/C19H23NO3S/c1-4-15-11-17(24-14(15)3)19(22)23-12-18(21)20-10-9-16-8-6-5-7-13(16)2/h5-8,11H,4,9-10,12H2,1-3H3,(H,20,21). The summed E-state index contributed by atoms with van der Waals surface area (Å²) < 4.78 is 5.09. The Balaban J connectivity index is 1.74. The predicted molar refractivity (Wildman–Crippen MR) is 96.6 cm³/mol. The number of rotatable bonds is 7. The van der Waals surface area contributed by atoms with E-state index in [1.807, 2.05) is 51.1 Å². The molecule has 0 saturated heterocycles. The molecule has 24 heavy (non-hydrogen) atoms. The molecular weight excluding hydrogens is 322 g/mol. The van der Waals surface area contributed by atoms with Gasteiger partial charge in [-0.1, -0.05) is 31.2 Å². The van der Waals surface area contributed by atoms with E-state index < -0.39 is 5.97 Å². The summed E-state index contributed by atoms with van der Waals surface area (Å²) in [5.74, 6) is -0.710. The van der Waals surface area contributed by atoms with Crippen LogP contribution < -0.4 is 5.32 Å². The number of aryl methyl sites for hydroxylation is 3. The molecule has 4 nitrogen and oxygen atoms in total. The number of hydrogen-bond donors (Lipinski definition) is 1. The van der Waals surface area contributed by atoms with Gasteiger partial charge in [0.25, 0.3) is 5.91 Å². The van der Waals surface area contributed by atoms with Gasteiger partial charge < -0.3 is 10.1 Å². The number of benzene rings is 1. The first-order valence-corrected chi connectivity index (χ1v) is 8.90. The maximum absolute atomic E-state index is 12.0. The Bertz CT molecular complexity index is 721. The molecule has 0 aliphatic rings. The van der Waals surface area contributed by atoms with Crippen LogP contribution in [0.2, 0.25) is 0 Å². The number of nitrogens with one attached hydrogen (secondary N) is 1. The Hall–Kier alpha value is -2.14. The fourth-order valence-electron chi connectivity index (χ4n) is 2.45. The van der Waals surface area contributed by atoms with Gasteiger partial charge in [0.15, 0.2) is 6.61 Å². The largest absolute Gasteiger partial charge is 0.451 e. The molecule has 2 rings (SSSR count). The van der Waals surface area contributed by atoms with Crippen LogP contribution in [0.1, 0.15) is 38.2 Å². The monoisotopic (exact) mass is 345 g/mol. The molecule has 0 saturated carbocycles. The van der Waals surface area contributed by atoms with Crippen molar-refractivity contribution in [2.45, 2.75) is 33.6 Å². The summed E-state index contributed by atoms with van der Waals surface area (Å²) in [6, 6.07) is 9.92. The molecule has 0 radical (unpaired) electrons. The highest BCUT2D eigenvalue weighted by Crippen LogP contribution is 2.22. The number of thiophene rings is 1. The van der Waals surface area contributed by atoms with Crippen molar-refractivity contribution in [3.8, 4) is 0 Å². The molecule has 0 aliphatic carbocycles. The third-order valence-electron chi connectivity index (χ3n) is 3.91. The van der Waals surface area contributed by atoms with Gasteiger partial charge >= 0.3 is 5.97 Å². The van der Waals surface area contributed by atoms with Crippen molar-refractivity contribution >= 4 is 23.2 Å². The van der Waals surface area contributed by atoms with Crippen molar-refractivity contribution < 1.29 is 14.3 Å². The van der Waals surface area contributed by atoms with Crippen molar-refractivity contribution in [1.29, 1.82) is 0 Å². The number of amides is 1. The molecule has 2 aromatic rings. The molecule has 1 N–H and O–H groups in total. The first kappa shape index (κ1) is 18.2. The zero-order valence-corrected chi connectivity index (χ0v) is 15.2. The van der Waals surface area contributed by atoms with Gasteiger partial charge in [-0.05, 0) is 49.4 Å². The Morgan fingerprint density at radius 2 is 1.92 bits per heavy atom. The number of carbonyl (C=O) groups excluding carboxylic acids is 2. The highest BCUT2D eigenvalue weighted by atomic mass is 32.1. The molecule has 1 heterocycles. The summed E-state index contributed by atoms with van der Waals surface area (Å²) in [4.78, 5) is 25.4. The smallest absolute Gasteiger partial charge is 0.348 e. The number of carbonyl (C=O) groups is 2. The van der Waals surface area contributed by atoms with Gasteiger partial charge in [0, 0.05) is 11.4 Å². The number of esters is 1. The summed E-state index contributed by atoms with van der Waals surface area (Å²) in [5.41, 5.74) is 3.56. The second-order valence-corrected chi connectivity index (χ2v) is 6.90. The normalized spacial score (nSPS) is 10.5. The van der Waals surface area contributed by atoms with Crippen LogP contribution in [0.25, 0.3) is 0 Å². The topological polar surface area (TPSA) is 55.4 Å². The van der Waals surface area contributed by atoms with E-state index in [4.69, 9.17) is 4.74 Å². The molecule has 5 heteroatoms. The van der Waals surface area contributed by atoms with Crippen LogP contribution in [0.5, 0.6) is 0 Å². The van der Waals surface area contributed by atoms with E-state index >= 15 is 0 Å². The predicted octanol–water partition coefficient (Wildman–Crippen LogP) is 3.44. The summed E-state index contributed by atoms with van der Waals surface area (Å²) in [7, 11) is 0. The number of hydrogen-bond acceptors (Lipinski definition) is 4. The summed E-state index contributed by atoms with van der Waals surface area (Å²) >= 11 is 1.41. The second-order valence-electron chi connectivity index (χ2n) is 5.65. The SMILES string of the molecule is CCc1cc(C(=O)OCC(=O)NCCc2ccccc2C)sc1C. The van der Waals surface area contributed by atoms with E-state index in [0.29, 0.717) is 11.4 Å². The molecule has 0 unspecified atom stereocenters. The third kappa shape index (κ3) is 4.93. The van der Waals surface area contributed by atoms with Gasteiger partial charge in [-0.3, -0.25) is 4.79 Å². The maximum atomic E-state index is 12.0. The Morgan fingerprint density at radius 3 is 2.58 bits per heavy atom. The Labute approximate surface area is 146 Å². The van der Waals surface area contributed by atoms with Crippen LogP contribution in [-0.2, 0) is 22.4 Å². The lowest BCUT2D eigenvalue weighted by Gasteiger charge is -2.07. The van der Waals surface area contributed by atoms with E-state index in [2.05, 4.69) is 5.32 Å². The fraction of sp³-hybridized carbons (Fsp3) is 0.368. The quantitative estimate of drug-likeness (QED) is 0.782. The van der Waals surface area contributed by atoms with Crippen molar-refractivity contribution in [3.63, 3.8) is 0 Å². The minimum absolute atomic E-state index is 0.245. The maximum Gasteiger partial charge on any atom is 0.348 e. The third-order valence-corrected chi connectivity index (χ3v) is 4.99. The Morgan fingerprint density at radius 1 is 1.17 bits per heavy atom. The highest BCUT2D eigenvalue weighted by Gasteiger charge is 2.14. The summed E-state index contributed by atoms with van der Waals surface area (Å²) in [5, 5.41) is 2.78. The summed E-state index contributed by atoms with van der Waals surface area (Å²) in [6.07, 6.45) is 1.64. The van der Waals surface area contributed by atoms with E-state index in [0.717, 1.165) is 23.3 Å². The average molecular weight is 345 g/mol. The molecule has 0 spiro atoms. The van der Waals surface area contributed by atoms with E-state index in [1.165, 1.54) is 22.5 Å². The molecule has 1 amide bonds. The fourth-order valence-corrected chi connectivity index (χ4v) is 3.46. The van der Waals surface area contributed by atoms with Crippen LogP contribution in [0.15, 0.2) is 30.3 Å². The molecule has 0 atom stereocenters. The minimum atomic E-state index is -0.433. The van der Waals surface area contributed by atoms with Gasteiger partial charge in [0.2, 0.25) is 0 Å². The van der Waals surface area contributed by atoms with Crippen LogP contribution in [0.3, 0.4) is 0 Å². The van der Waals surface area contributed by atoms with Gasteiger partial charge in [-0.2, -0.15) is 0 Å². The van der Waals surface area contributed by atoms with Crippen molar-refractivity contribution in [2.24, 2.45) is 0 Å². The molecule has 0 fully saturated rings. The first-order chi connectivity index (χ1) is 11.5. The Kier molecular flexibility index (Phi) is 6.55. The van der Waals surface area contributed by atoms with Crippen LogP contribution in [-0.4, -0.2) is 25.0 Å². The zero-order valence-electron chi connectivity index (χ0n) is 14.3. The lowest BCUT2D eigenvalue weighted by molar-refractivity contribution is -0.124. The molecule has 1 aromatic heterocycles. The molecule has 0 aliphatic heterocycles. The molecule has 128 valence electrons. The minimum Gasteiger partial charge on any atom is -0.451 e. The van der Waals surface area contributed by atoms with Crippen molar-refractivity contribution in [2.75, 3.05) is 13.2 Å². The summed E-state index contributed by atoms with van der Waals surface area (Å²) in [6.45, 7) is 6.36. The van der Waals surface area contributed by atoms with Gasteiger partial charge in [0.05, 0.1) is 0 Å². The van der Waals surface area contributed by atoms with Crippen LogP contribution >= 0.6 is 11.3 Å². The van der Waals surface area contributed by atoms with E-state index in [1.54, 1.807) is 0 Å². The van der Waals surface area contributed by atoms with Crippen LogP contribution in [0, 0.1) is 13.8 Å². The van der Waals surface area contributed by atoms with Gasteiger partial charge in [-0.15, -0.1) is 11.3 Å². The highest BCUT2D eigenvalue weighted by molar-refractivity contribution is 7.14. The zero-order chi connectivity index (χ0) is 17.5. The van der Waals surface area contributed by atoms with Gasteiger partial charge in [-0.25, -0.2) is 4.79 Å². The molecule has 0 bridgehead atoms. The van der Waals surface area contributed by atoms with Gasteiger partial charge in [0.1, 0.15) is 4.88 Å². The van der Waals surface area contributed by atoms with Crippen LogP contribution in [0.4, 0.5) is 0 Å². The van der Waals surface area contributed by atoms with Crippen molar-refractivity contribution in [3.05, 3.63) is 56.8 Å².